The number of benzene rings is 1. The molecule has 2 rings (SSSR count). The van der Waals surface area contributed by atoms with Crippen LogP contribution in [0.1, 0.15) is 18.9 Å². The zero-order valence-electron chi connectivity index (χ0n) is 9.90. The zero-order valence-corrected chi connectivity index (χ0v) is 10.7. The van der Waals surface area contributed by atoms with Gasteiger partial charge < -0.3 is 16.8 Å². The Morgan fingerprint density at radius 1 is 1.24 bits per heavy atom. The van der Waals surface area contributed by atoms with Crippen molar-refractivity contribution in [1.82, 2.24) is 4.98 Å². The number of nitrogen functional groups attached to an aromatic ring is 2. The summed E-state index contributed by atoms with van der Waals surface area (Å²) in [7, 11) is 0. The molecule has 1 heterocycles. The SMILES string of the molecule is CC(C)(Nc1ccc(N)c(N)c1)c1nccs1. The van der Waals surface area contributed by atoms with Gasteiger partial charge in [-0.3, -0.25) is 0 Å². The number of hydrogen-bond donors (Lipinski definition) is 3. The van der Waals surface area contributed by atoms with Crippen molar-refractivity contribution in [1.29, 1.82) is 0 Å². The second-order valence-corrected chi connectivity index (χ2v) is 5.33. The molecule has 90 valence electrons. The molecule has 0 aliphatic rings. The van der Waals surface area contributed by atoms with Crippen molar-refractivity contribution in [2.45, 2.75) is 19.4 Å². The Hall–Kier alpha value is -1.75. The molecule has 0 aliphatic heterocycles. The van der Waals surface area contributed by atoms with Crippen LogP contribution >= 0.6 is 11.3 Å². The standard InChI is InChI=1S/C12H16N4S/c1-12(2,11-15-5-6-17-11)16-8-3-4-9(13)10(14)7-8/h3-7,16H,13-14H2,1-2H3. The minimum absolute atomic E-state index is 0.225. The van der Waals surface area contributed by atoms with Gasteiger partial charge in [-0.2, -0.15) is 0 Å². The van der Waals surface area contributed by atoms with Crippen LogP contribution < -0.4 is 16.8 Å². The normalized spacial score (nSPS) is 11.4. The summed E-state index contributed by atoms with van der Waals surface area (Å²) in [6.45, 7) is 4.16. The Balaban J connectivity index is 2.23. The van der Waals surface area contributed by atoms with Crippen LogP contribution in [0.15, 0.2) is 29.8 Å². The van der Waals surface area contributed by atoms with Crippen molar-refractivity contribution in [3.63, 3.8) is 0 Å². The summed E-state index contributed by atoms with van der Waals surface area (Å²) in [6, 6.07) is 5.56. The summed E-state index contributed by atoms with van der Waals surface area (Å²) in [5.74, 6) is 0. The molecule has 0 amide bonds. The monoisotopic (exact) mass is 248 g/mol. The van der Waals surface area contributed by atoms with E-state index in [1.807, 2.05) is 17.5 Å². The van der Waals surface area contributed by atoms with E-state index in [9.17, 15) is 0 Å². The molecule has 5 heteroatoms. The maximum atomic E-state index is 5.78. The predicted octanol–water partition coefficient (Wildman–Crippen LogP) is 2.65. The highest BCUT2D eigenvalue weighted by Crippen LogP contribution is 2.29. The second kappa shape index (κ2) is 4.25. The largest absolute Gasteiger partial charge is 0.397 e. The first-order chi connectivity index (χ1) is 7.99. The van der Waals surface area contributed by atoms with Crippen LogP contribution in [0.3, 0.4) is 0 Å². The van der Waals surface area contributed by atoms with Gasteiger partial charge in [-0.05, 0) is 32.0 Å². The van der Waals surface area contributed by atoms with Gasteiger partial charge in [0.05, 0.1) is 16.9 Å². The quantitative estimate of drug-likeness (QED) is 0.730. The van der Waals surface area contributed by atoms with Crippen molar-refractivity contribution in [3.8, 4) is 0 Å². The highest BCUT2D eigenvalue weighted by atomic mass is 32.1. The van der Waals surface area contributed by atoms with Gasteiger partial charge in [0.2, 0.25) is 0 Å². The highest BCUT2D eigenvalue weighted by Gasteiger charge is 2.22. The first-order valence-corrected chi connectivity index (χ1v) is 6.20. The molecular weight excluding hydrogens is 232 g/mol. The molecule has 0 unspecified atom stereocenters. The van der Waals surface area contributed by atoms with E-state index in [0.717, 1.165) is 10.7 Å². The van der Waals surface area contributed by atoms with Gasteiger partial charge in [-0.1, -0.05) is 0 Å². The van der Waals surface area contributed by atoms with Gasteiger partial charge in [0.25, 0.3) is 0 Å². The topological polar surface area (TPSA) is 77.0 Å². The Labute approximate surface area is 105 Å². The number of nitrogens with two attached hydrogens (primary N) is 2. The number of nitrogens with one attached hydrogen (secondary N) is 1. The van der Waals surface area contributed by atoms with Crippen LogP contribution in [-0.4, -0.2) is 4.98 Å². The van der Waals surface area contributed by atoms with E-state index in [0.29, 0.717) is 11.4 Å². The van der Waals surface area contributed by atoms with Crippen LogP contribution in [0.25, 0.3) is 0 Å². The fraction of sp³-hybridized carbons (Fsp3) is 0.250. The molecule has 0 aliphatic carbocycles. The summed E-state index contributed by atoms with van der Waals surface area (Å²) in [5.41, 5.74) is 13.4. The minimum Gasteiger partial charge on any atom is -0.397 e. The molecule has 1 aromatic carbocycles. The first-order valence-electron chi connectivity index (χ1n) is 5.32. The average Bonchev–Trinajstić information content (AvgIpc) is 2.77. The fourth-order valence-corrected chi connectivity index (χ4v) is 2.32. The van der Waals surface area contributed by atoms with Gasteiger partial charge in [0.15, 0.2) is 0 Å². The minimum atomic E-state index is -0.225. The van der Waals surface area contributed by atoms with Gasteiger partial charge in [0, 0.05) is 17.3 Å². The van der Waals surface area contributed by atoms with E-state index in [1.165, 1.54) is 0 Å². The van der Waals surface area contributed by atoms with Crippen LogP contribution in [0.4, 0.5) is 17.1 Å². The molecule has 0 spiro atoms. The predicted molar refractivity (Wildman–Crippen MR) is 74.0 cm³/mol. The smallest absolute Gasteiger partial charge is 0.117 e. The molecule has 2 aromatic rings. The van der Waals surface area contributed by atoms with E-state index in [1.54, 1.807) is 23.6 Å². The van der Waals surface area contributed by atoms with Gasteiger partial charge in [0.1, 0.15) is 5.01 Å². The van der Waals surface area contributed by atoms with E-state index in [-0.39, 0.29) is 5.54 Å². The van der Waals surface area contributed by atoms with Crippen LogP contribution in [0.5, 0.6) is 0 Å². The summed E-state index contributed by atoms with van der Waals surface area (Å²) in [4.78, 5) is 4.32. The maximum absolute atomic E-state index is 5.78. The molecule has 0 saturated carbocycles. The maximum Gasteiger partial charge on any atom is 0.117 e. The molecule has 0 fully saturated rings. The van der Waals surface area contributed by atoms with Crippen LogP contribution in [0, 0.1) is 0 Å². The highest BCUT2D eigenvalue weighted by molar-refractivity contribution is 7.09. The van der Waals surface area contributed by atoms with Gasteiger partial charge in [-0.15, -0.1) is 11.3 Å². The van der Waals surface area contributed by atoms with Crippen molar-refractivity contribution >= 4 is 28.4 Å². The summed E-state index contributed by atoms with van der Waals surface area (Å²) in [6.07, 6.45) is 1.81. The number of nitrogens with zero attached hydrogens (tertiary/aromatic N) is 1. The third-order valence-electron chi connectivity index (χ3n) is 2.51. The first kappa shape index (κ1) is 11.7. The number of hydrogen-bond acceptors (Lipinski definition) is 5. The van der Waals surface area contributed by atoms with Crippen molar-refractivity contribution in [2.24, 2.45) is 0 Å². The Morgan fingerprint density at radius 2 is 2.00 bits per heavy atom. The van der Waals surface area contributed by atoms with E-state index in [4.69, 9.17) is 11.5 Å². The Kier molecular flexibility index (Phi) is 2.93. The lowest BCUT2D eigenvalue weighted by Crippen LogP contribution is -2.27. The summed E-state index contributed by atoms with van der Waals surface area (Å²) in [5, 5.41) is 6.40. The molecule has 0 saturated heterocycles. The third kappa shape index (κ3) is 2.50. The molecule has 17 heavy (non-hydrogen) atoms. The van der Waals surface area contributed by atoms with Crippen molar-refractivity contribution in [3.05, 3.63) is 34.8 Å². The summed E-state index contributed by atoms with van der Waals surface area (Å²) >= 11 is 1.63. The Bertz CT molecular complexity index is 505. The molecule has 0 bridgehead atoms. The van der Waals surface area contributed by atoms with Crippen molar-refractivity contribution in [2.75, 3.05) is 16.8 Å². The van der Waals surface area contributed by atoms with Crippen LogP contribution in [0.2, 0.25) is 0 Å². The lowest BCUT2D eigenvalue weighted by Gasteiger charge is -2.25. The van der Waals surface area contributed by atoms with E-state index in [2.05, 4.69) is 24.1 Å². The molecular formula is C12H16N4S. The number of thiazole rings is 1. The van der Waals surface area contributed by atoms with E-state index < -0.39 is 0 Å². The molecule has 5 N–H and O–H groups in total. The van der Waals surface area contributed by atoms with E-state index >= 15 is 0 Å². The van der Waals surface area contributed by atoms with Crippen LogP contribution in [-0.2, 0) is 5.54 Å². The lowest BCUT2D eigenvalue weighted by molar-refractivity contribution is 0.604. The number of aromatic nitrogens is 1. The van der Waals surface area contributed by atoms with Gasteiger partial charge in [-0.25, -0.2) is 4.98 Å². The second-order valence-electron chi connectivity index (χ2n) is 4.43. The molecule has 0 radical (unpaired) electrons. The van der Waals surface area contributed by atoms with Gasteiger partial charge >= 0.3 is 0 Å². The number of rotatable bonds is 3. The van der Waals surface area contributed by atoms with Crippen molar-refractivity contribution < 1.29 is 0 Å². The molecule has 0 atom stereocenters. The third-order valence-corrected chi connectivity index (χ3v) is 3.61. The number of anilines is 3. The molecule has 4 nitrogen and oxygen atoms in total. The molecule has 1 aromatic heterocycles. The zero-order chi connectivity index (χ0) is 12.5. The average molecular weight is 248 g/mol. The lowest BCUT2D eigenvalue weighted by atomic mass is 10.1. The summed E-state index contributed by atoms with van der Waals surface area (Å²) < 4.78 is 0. The Morgan fingerprint density at radius 3 is 2.59 bits per heavy atom. The fourth-order valence-electron chi connectivity index (χ4n) is 1.60.